The van der Waals surface area contributed by atoms with Crippen LogP contribution in [-0.4, -0.2) is 85.6 Å². The third-order valence-electron chi connectivity index (χ3n) is 9.59. The van der Waals surface area contributed by atoms with Crippen LogP contribution in [0.1, 0.15) is 32.1 Å². The molecule has 3 aliphatic carbocycles. The van der Waals surface area contributed by atoms with E-state index in [4.69, 9.17) is 19.4 Å². The molecule has 3 saturated carbocycles. The van der Waals surface area contributed by atoms with Gasteiger partial charge in [0.25, 0.3) is 0 Å². The molecule has 1 aromatic carbocycles. The maximum absolute atomic E-state index is 9.51. The number of nitrogens with zero attached hydrogens (tertiary/aromatic N) is 5. The quantitative estimate of drug-likeness (QED) is 0.669. The summed E-state index contributed by atoms with van der Waals surface area (Å²) in [7, 11) is 3.36. The number of hydrogen-bond acceptors (Lipinski definition) is 8. The SMILES string of the molecule is COc1cc2nc(N3CC(C45CC(C4)C5)C3)nc(N3CC4CCC3CN4CCO)c2cc1OC. The van der Waals surface area contributed by atoms with Crippen molar-refractivity contribution in [3.63, 3.8) is 0 Å². The number of aromatic nitrogens is 2. The second kappa shape index (κ2) is 7.59. The molecule has 1 aromatic heterocycles. The molecular formula is C26H35N5O3. The molecule has 4 bridgehead atoms. The Morgan fingerprint density at radius 1 is 0.971 bits per heavy atom. The van der Waals surface area contributed by atoms with Crippen molar-refractivity contribution in [2.45, 2.75) is 44.2 Å². The summed E-state index contributed by atoms with van der Waals surface area (Å²) in [4.78, 5) is 17.6. The first-order chi connectivity index (χ1) is 16.6. The van der Waals surface area contributed by atoms with Crippen LogP contribution in [0.3, 0.4) is 0 Å². The van der Waals surface area contributed by atoms with Crippen molar-refractivity contribution in [3.05, 3.63) is 12.1 Å². The van der Waals surface area contributed by atoms with Gasteiger partial charge in [0.1, 0.15) is 5.82 Å². The molecule has 2 atom stereocenters. The zero-order chi connectivity index (χ0) is 23.0. The maximum atomic E-state index is 9.51. The number of rotatable bonds is 7. The molecule has 34 heavy (non-hydrogen) atoms. The van der Waals surface area contributed by atoms with Crippen LogP contribution in [0.5, 0.6) is 11.5 Å². The van der Waals surface area contributed by atoms with Gasteiger partial charge in [0.05, 0.1) is 26.3 Å². The van der Waals surface area contributed by atoms with Gasteiger partial charge in [0.2, 0.25) is 5.95 Å². The summed E-state index contributed by atoms with van der Waals surface area (Å²) in [6.07, 6.45) is 6.70. The maximum Gasteiger partial charge on any atom is 0.227 e. The van der Waals surface area contributed by atoms with E-state index in [1.165, 1.54) is 25.7 Å². The fourth-order valence-electron chi connectivity index (χ4n) is 7.44. The minimum absolute atomic E-state index is 0.221. The van der Waals surface area contributed by atoms with Gasteiger partial charge < -0.3 is 24.4 Å². The molecule has 8 heteroatoms. The average Bonchev–Trinajstić information content (AvgIpc) is 2.78. The van der Waals surface area contributed by atoms with Crippen LogP contribution in [0.15, 0.2) is 12.1 Å². The van der Waals surface area contributed by atoms with E-state index in [-0.39, 0.29) is 6.61 Å². The summed E-state index contributed by atoms with van der Waals surface area (Å²) < 4.78 is 11.2. The lowest BCUT2D eigenvalue weighted by Crippen LogP contribution is -2.66. The van der Waals surface area contributed by atoms with Crippen molar-refractivity contribution in [2.75, 3.05) is 63.4 Å². The number of fused-ring (bicyclic) bond motifs is 4. The third-order valence-corrected chi connectivity index (χ3v) is 9.59. The predicted molar refractivity (Wildman–Crippen MR) is 131 cm³/mol. The average molecular weight is 466 g/mol. The van der Waals surface area contributed by atoms with Gasteiger partial charge in [-0.25, -0.2) is 4.98 Å². The summed E-state index contributed by atoms with van der Waals surface area (Å²) in [6, 6.07) is 4.91. The number of benzene rings is 1. The number of piperazine rings is 1. The van der Waals surface area contributed by atoms with Crippen LogP contribution < -0.4 is 19.3 Å². The number of piperidine rings is 2. The van der Waals surface area contributed by atoms with Gasteiger partial charge in [0, 0.05) is 56.3 Å². The van der Waals surface area contributed by atoms with Crippen molar-refractivity contribution in [1.29, 1.82) is 0 Å². The van der Waals surface area contributed by atoms with E-state index >= 15 is 0 Å². The Labute approximate surface area is 200 Å². The minimum Gasteiger partial charge on any atom is -0.493 e. The lowest BCUT2D eigenvalue weighted by atomic mass is 9.39. The standard InChI is InChI=1S/C26H35N5O3/c1-33-22-7-20-21(8-23(22)34-2)27-25(30-12-17(13-30)26-9-16(10-26)11-26)28-24(20)31-15-18-3-4-19(31)14-29(18)5-6-32/h7-8,16-19,32H,3-6,9-15H2,1-2H3. The zero-order valence-electron chi connectivity index (χ0n) is 20.2. The molecule has 7 fully saturated rings. The van der Waals surface area contributed by atoms with Crippen molar-refractivity contribution >= 4 is 22.7 Å². The summed E-state index contributed by atoms with van der Waals surface area (Å²) in [5.74, 6) is 5.13. The molecule has 2 unspecified atom stereocenters. The van der Waals surface area contributed by atoms with Crippen molar-refractivity contribution in [2.24, 2.45) is 17.3 Å². The lowest BCUT2D eigenvalue weighted by molar-refractivity contribution is -0.157. The highest BCUT2D eigenvalue weighted by atomic mass is 16.5. The summed E-state index contributed by atoms with van der Waals surface area (Å²) in [5.41, 5.74) is 1.57. The first-order valence-corrected chi connectivity index (χ1v) is 12.9. The number of aliphatic hydroxyl groups excluding tert-OH is 1. The fraction of sp³-hybridized carbons (Fsp3) is 0.692. The number of hydrogen-bond donors (Lipinski definition) is 1. The number of anilines is 2. The molecule has 7 aliphatic rings. The Kier molecular flexibility index (Phi) is 4.69. The lowest BCUT2D eigenvalue weighted by Gasteiger charge is -2.68. The molecule has 8 nitrogen and oxygen atoms in total. The molecule has 1 N–H and O–H groups in total. The molecule has 182 valence electrons. The molecular weight excluding hydrogens is 430 g/mol. The Hall–Kier alpha value is -2.32. The topological polar surface area (TPSA) is 74.2 Å². The van der Waals surface area contributed by atoms with Crippen molar-refractivity contribution in [3.8, 4) is 11.5 Å². The second-order valence-electron chi connectivity index (χ2n) is 11.3. The largest absolute Gasteiger partial charge is 0.493 e. The Morgan fingerprint density at radius 2 is 1.71 bits per heavy atom. The Balaban J connectivity index is 1.25. The summed E-state index contributed by atoms with van der Waals surface area (Å²) in [6.45, 7) is 5.07. The highest BCUT2D eigenvalue weighted by Gasteiger charge is 2.62. The van der Waals surface area contributed by atoms with Gasteiger partial charge in [-0.1, -0.05) is 0 Å². The number of ether oxygens (including phenoxy) is 2. The molecule has 0 radical (unpaired) electrons. The summed E-state index contributed by atoms with van der Waals surface area (Å²) >= 11 is 0. The Bertz CT molecular complexity index is 1100. The normalized spacial score (nSPS) is 32.4. The van der Waals surface area contributed by atoms with E-state index in [1.807, 2.05) is 12.1 Å². The first-order valence-electron chi connectivity index (χ1n) is 12.9. The van der Waals surface area contributed by atoms with E-state index in [0.29, 0.717) is 29.0 Å². The van der Waals surface area contributed by atoms with Gasteiger partial charge in [-0.3, -0.25) is 4.90 Å². The van der Waals surface area contributed by atoms with E-state index in [1.54, 1.807) is 14.2 Å². The Morgan fingerprint density at radius 3 is 2.32 bits per heavy atom. The zero-order valence-corrected chi connectivity index (χ0v) is 20.2. The second-order valence-corrected chi connectivity index (χ2v) is 11.3. The van der Waals surface area contributed by atoms with Crippen LogP contribution in [0.4, 0.5) is 11.8 Å². The van der Waals surface area contributed by atoms with Gasteiger partial charge in [0.15, 0.2) is 11.5 Å². The fourth-order valence-corrected chi connectivity index (χ4v) is 7.44. The highest BCUT2D eigenvalue weighted by Crippen LogP contribution is 2.69. The molecule has 0 spiro atoms. The van der Waals surface area contributed by atoms with Crippen LogP contribution >= 0.6 is 0 Å². The van der Waals surface area contributed by atoms with Crippen LogP contribution in [0, 0.1) is 17.3 Å². The van der Waals surface area contributed by atoms with Crippen molar-refractivity contribution in [1.82, 2.24) is 14.9 Å². The van der Waals surface area contributed by atoms with Crippen LogP contribution in [0.2, 0.25) is 0 Å². The van der Waals surface area contributed by atoms with Crippen molar-refractivity contribution < 1.29 is 14.6 Å². The molecule has 4 aliphatic heterocycles. The van der Waals surface area contributed by atoms with Gasteiger partial charge in [-0.2, -0.15) is 4.98 Å². The van der Waals surface area contributed by atoms with Gasteiger partial charge >= 0.3 is 0 Å². The highest BCUT2D eigenvalue weighted by molar-refractivity contribution is 5.93. The molecule has 4 saturated heterocycles. The minimum atomic E-state index is 0.221. The van der Waals surface area contributed by atoms with E-state index in [2.05, 4.69) is 14.7 Å². The molecule has 9 rings (SSSR count). The van der Waals surface area contributed by atoms with E-state index in [0.717, 1.165) is 73.6 Å². The van der Waals surface area contributed by atoms with Crippen LogP contribution in [-0.2, 0) is 0 Å². The summed E-state index contributed by atoms with van der Waals surface area (Å²) in [5, 5.41) is 10.5. The molecule has 5 heterocycles. The van der Waals surface area contributed by atoms with Crippen LogP contribution in [0.25, 0.3) is 10.9 Å². The number of methoxy groups -OCH3 is 2. The first kappa shape index (κ1) is 21.0. The third kappa shape index (κ3) is 2.97. The van der Waals surface area contributed by atoms with Gasteiger partial charge in [-0.15, -0.1) is 0 Å². The number of aliphatic hydroxyl groups is 1. The monoisotopic (exact) mass is 465 g/mol. The molecule has 0 amide bonds. The van der Waals surface area contributed by atoms with E-state index < -0.39 is 0 Å². The van der Waals surface area contributed by atoms with E-state index in [9.17, 15) is 5.11 Å². The van der Waals surface area contributed by atoms with Gasteiger partial charge in [-0.05, 0) is 55.4 Å². The molecule has 2 aromatic rings. The predicted octanol–water partition coefficient (Wildman–Crippen LogP) is 2.53. The smallest absolute Gasteiger partial charge is 0.227 e.